The molecule has 0 aliphatic carbocycles. The highest BCUT2D eigenvalue weighted by Gasteiger charge is 2.19. The molecule has 0 aliphatic heterocycles. The van der Waals surface area contributed by atoms with Crippen LogP contribution in [0.5, 0.6) is 0 Å². The van der Waals surface area contributed by atoms with Crippen molar-refractivity contribution in [3.63, 3.8) is 0 Å². The lowest BCUT2D eigenvalue weighted by Crippen LogP contribution is -2.44. The van der Waals surface area contributed by atoms with Gasteiger partial charge in [-0.25, -0.2) is 9.36 Å². The molecule has 0 atom stereocenters. The van der Waals surface area contributed by atoms with Gasteiger partial charge < -0.3 is 5.32 Å². The first-order valence-corrected chi connectivity index (χ1v) is 8.50. The number of carbonyl (C=O) groups excluding carboxylic acids is 1. The molecule has 0 bridgehead atoms. The summed E-state index contributed by atoms with van der Waals surface area (Å²) in [5, 5.41) is 12.2. The summed E-state index contributed by atoms with van der Waals surface area (Å²) in [6.45, 7) is 9.32. The van der Waals surface area contributed by atoms with Gasteiger partial charge in [0, 0.05) is 10.9 Å². The second kappa shape index (κ2) is 6.40. The van der Waals surface area contributed by atoms with Crippen molar-refractivity contribution in [3.8, 4) is 5.69 Å². The van der Waals surface area contributed by atoms with Gasteiger partial charge in [-0.15, -0.1) is 0 Å². The van der Waals surface area contributed by atoms with Crippen LogP contribution in [-0.2, 0) is 11.3 Å². The molecule has 26 heavy (non-hydrogen) atoms. The number of carbonyl (C=O) groups is 1. The van der Waals surface area contributed by atoms with Crippen LogP contribution in [0.1, 0.15) is 32.0 Å². The normalized spacial score (nSPS) is 11.7. The Hall–Kier alpha value is -2.96. The second-order valence-corrected chi connectivity index (χ2v) is 7.45. The number of rotatable bonds is 3. The molecule has 7 nitrogen and oxygen atoms in total. The minimum Gasteiger partial charge on any atom is -0.350 e. The SMILES string of the molecule is Cc1ccccc1-n1ncc2c(C)nn(CC(=O)NC(C)(C)C)c(=O)c21. The van der Waals surface area contributed by atoms with Crippen LogP contribution < -0.4 is 10.9 Å². The van der Waals surface area contributed by atoms with E-state index in [1.54, 1.807) is 10.9 Å². The van der Waals surface area contributed by atoms with E-state index in [-0.39, 0.29) is 23.6 Å². The fourth-order valence-electron chi connectivity index (χ4n) is 2.91. The summed E-state index contributed by atoms with van der Waals surface area (Å²) >= 11 is 0. The Labute approximate surface area is 151 Å². The third-order valence-corrected chi connectivity index (χ3v) is 4.02. The van der Waals surface area contributed by atoms with Crippen LogP contribution in [-0.4, -0.2) is 31.0 Å². The molecule has 136 valence electrons. The van der Waals surface area contributed by atoms with Gasteiger partial charge in [0.15, 0.2) is 0 Å². The van der Waals surface area contributed by atoms with Crippen LogP contribution in [0, 0.1) is 13.8 Å². The number of nitrogens with zero attached hydrogens (tertiary/aromatic N) is 4. The molecule has 0 aliphatic rings. The van der Waals surface area contributed by atoms with Crippen molar-refractivity contribution in [2.45, 2.75) is 46.7 Å². The van der Waals surface area contributed by atoms with E-state index in [1.807, 2.05) is 58.9 Å². The zero-order valence-electron chi connectivity index (χ0n) is 15.7. The standard InChI is InChI=1S/C19H23N5O2/c1-12-8-6-7-9-15(12)24-17-14(10-20-24)13(2)22-23(18(17)26)11-16(25)21-19(3,4)5/h6-10H,11H2,1-5H3,(H,21,25). The molecule has 2 aromatic heterocycles. The molecule has 2 heterocycles. The molecule has 3 aromatic rings. The molecule has 1 aromatic carbocycles. The van der Waals surface area contributed by atoms with Crippen molar-refractivity contribution < 1.29 is 4.79 Å². The Morgan fingerprint density at radius 3 is 2.54 bits per heavy atom. The number of hydrogen-bond acceptors (Lipinski definition) is 4. The van der Waals surface area contributed by atoms with E-state index in [1.165, 1.54) is 4.68 Å². The summed E-state index contributed by atoms with van der Waals surface area (Å²) in [6, 6.07) is 7.71. The van der Waals surface area contributed by atoms with Gasteiger partial charge in [-0.3, -0.25) is 9.59 Å². The van der Waals surface area contributed by atoms with Crippen LogP contribution in [0.4, 0.5) is 0 Å². The van der Waals surface area contributed by atoms with Crippen molar-refractivity contribution in [2.75, 3.05) is 0 Å². The number of para-hydroxylation sites is 1. The minimum atomic E-state index is -0.372. The van der Waals surface area contributed by atoms with Gasteiger partial charge in [-0.05, 0) is 46.2 Å². The first kappa shape index (κ1) is 17.8. The van der Waals surface area contributed by atoms with E-state index < -0.39 is 0 Å². The average Bonchev–Trinajstić information content (AvgIpc) is 2.96. The van der Waals surface area contributed by atoms with E-state index in [0.717, 1.165) is 11.3 Å². The number of amides is 1. The predicted octanol–water partition coefficient (Wildman–Crippen LogP) is 2.11. The second-order valence-electron chi connectivity index (χ2n) is 7.45. The van der Waals surface area contributed by atoms with Crippen molar-refractivity contribution in [1.82, 2.24) is 24.9 Å². The summed E-state index contributed by atoms with van der Waals surface area (Å²) in [5.74, 6) is -0.257. The molecule has 7 heteroatoms. The molecule has 0 saturated carbocycles. The Morgan fingerprint density at radius 2 is 1.88 bits per heavy atom. The highest BCUT2D eigenvalue weighted by Crippen LogP contribution is 2.19. The Balaban J connectivity index is 2.12. The molecule has 0 radical (unpaired) electrons. The van der Waals surface area contributed by atoms with E-state index in [9.17, 15) is 9.59 Å². The number of fused-ring (bicyclic) bond motifs is 1. The summed E-state index contributed by atoms with van der Waals surface area (Å²) in [5.41, 5.74) is 2.20. The molecule has 0 fully saturated rings. The van der Waals surface area contributed by atoms with Gasteiger partial charge >= 0.3 is 0 Å². The lowest BCUT2D eigenvalue weighted by atomic mass is 10.1. The van der Waals surface area contributed by atoms with Crippen LogP contribution in [0.2, 0.25) is 0 Å². The average molecular weight is 353 g/mol. The zero-order valence-corrected chi connectivity index (χ0v) is 15.7. The molecule has 0 spiro atoms. The summed E-state index contributed by atoms with van der Waals surface area (Å²) in [6.07, 6.45) is 1.64. The van der Waals surface area contributed by atoms with E-state index >= 15 is 0 Å². The maximum Gasteiger partial charge on any atom is 0.293 e. The predicted molar refractivity (Wildman–Crippen MR) is 100 cm³/mol. The number of benzene rings is 1. The maximum atomic E-state index is 13.0. The highest BCUT2D eigenvalue weighted by atomic mass is 16.2. The summed E-state index contributed by atoms with van der Waals surface area (Å²) in [4.78, 5) is 25.2. The third kappa shape index (κ3) is 3.37. The Morgan fingerprint density at radius 1 is 1.19 bits per heavy atom. The molecule has 0 saturated heterocycles. The van der Waals surface area contributed by atoms with Gasteiger partial charge in [-0.2, -0.15) is 10.2 Å². The smallest absolute Gasteiger partial charge is 0.293 e. The molecule has 3 rings (SSSR count). The number of nitrogens with one attached hydrogen (secondary N) is 1. The fourth-order valence-corrected chi connectivity index (χ4v) is 2.91. The van der Waals surface area contributed by atoms with Crippen LogP contribution in [0.15, 0.2) is 35.3 Å². The van der Waals surface area contributed by atoms with Crippen molar-refractivity contribution in [2.24, 2.45) is 0 Å². The number of aromatic nitrogens is 4. The van der Waals surface area contributed by atoms with Gasteiger partial charge in [0.2, 0.25) is 5.91 Å². The van der Waals surface area contributed by atoms with Crippen LogP contribution >= 0.6 is 0 Å². The minimum absolute atomic E-state index is 0.133. The summed E-state index contributed by atoms with van der Waals surface area (Å²) < 4.78 is 2.83. The topological polar surface area (TPSA) is 81.8 Å². The lowest BCUT2D eigenvalue weighted by molar-refractivity contribution is -0.123. The quantitative estimate of drug-likeness (QED) is 0.782. The van der Waals surface area contributed by atoms with E-state index in [4.69, 9.17) is 0 Å². The van der Waals surface area contributed by atoms with Gasteiger partial charge in [0.1, 0.15) is 12.1 Å². The van der Waals surface area contributed by atoms with E-state index in [0.29, 0.717) is 16.6 Å². The van der Waals surface area contributed by atoms with Crippen LogP contribution in [0.25, 0.3) is 16.6 Å². The highest BCUT2D eigenvalue weighted by molar-refractivity contribution is 5.82. The van der Waals surface area contributed by atoms with Crippen molar-refractivity contribution in [3.05, 3.63) is 52.1 Å². The Kier molecular flexibility index (Phi) is 4.39. The first-order valence-electron chi connectivity index (χ1n) is 8.50. The summed E-state index contributed by atoms with van der Waals surface area (Å²) in [7, 11) is 0. The lowest BCUT2D eigenvalue weighted by Gasteiger charge is -2.20. The maximum absolute atomic E-state index is 13.0. The van der Waals surface area contributed by atoms with E-state index in [2.05, 4.69) is 15.5 Å². The number of hydrogen-bond donors (Lipinski definition) is 1. The van der Waals surface area contributed by atoms with Gasteiger partial charge in [0.25, 0.3) is 5.56 Å². The zero-order chi connectivity index (χ0) is 19.1. The molecule has 0 unspecified atom stereocenters. The Bertz CT molecular complexity index is 1040. The van der Waals surface area contributed by atoms with Crippen molar-refractivity contribution >= 4 is 16.8 Å². The number of aryl methyl sites for hydroxylation is 2. The molecular formula is C19H23N5O2. The third-order valence-electron chi connectivity index (χ3n) is 4.02. The fraction of sp³-hybridized carbons (Fsp3) is 0.368. The monoisotopic (exact) mass is 353 g/mol. The molecule has 1 N–H and O–H groups in total. The molecular weight excluding hydrogens is 330 g/mol. The molecule has 1 amide bonds. The van der Waals surface area contributed by atoms with Gasteiger partial charge in [0.05, 0.1) is 17.6 Å². The largest absolute Gasteiger partial charge is 0.350 e. The first-order chi connectivity index (χ1) is 12.2. The van der Waals surface area contributed by atoms with Crippen LogP contribution in [0.3, 0.4) is 0 Å². The van der Waals surface area contributed by atoms with Gasteiger partial charge in [-0.1, -0.05) is 18.2 Å². The van der Waals surface area contributed by atoms with Crippen molar-refractivity contribution in [1.29, 1.82) is 0 Å².